The number of rotatable bonds is 4. The van der Waals surface area contributed by atoms with E-state index in [-0.39, 0.29) is 5.91 Å². The molecule has 5 heteroatoms. The van der Waals surface area contributed by atoms with Gasteiger partial charge in [-0.3, -0.25) is 4.79 Å². The molecule has 13 heavy (non-hydrogen) atoms. The van der Waals surface area contributed by atoms with Crippen LogP contribution < -0.4 is 10.6 Å². The first-order valence-electron chi connectivity index (χ1n) is 4.35. The number of hydrogen-bond acceptors (Lipinski definition) is 3. The summed E-state index contributed by atoms with van der Waals surface area (Å²) in [6, 6.07) is 0. The quantitative estimate of drug-likeness (QED) is 0.638. The van der Waals surface area contributed by atoms with Crippen molar-refractivity contribution in [2.24, 2.45) is 0 Å². The summed E-state index contributed by atoms with van der Waals surface area (Å²) >= 11 is 0. The number of amides is 1. The molecule has 1 aromatic heterocycles. The summed E-state index contributed by atoms with van der Waals surface area (Å²) < 4.78 is 0. The molecule has 0 aliphatic heterocycles. The van der Waals surface area contributed by atoms with E-state index < -0.39 is 0 Å². The summed E-state index contributed by atoms with van der Waals surface area (Å²) in [5.41, 5.74) is 0.484. The smallest absolute Gasteiger partial charge is 0.269 e. The monoisotopic (exact) mass is 182 g/mol. The van der Waals surface area contributed by atoms with E-state index >= 15 is 0 Å². The molecule has 3 N–H and O–H groups in total. The summed E-state index contributed by atoms with van der Waals surface area (Å²) in [5, 5.41) is 5.66. The minimum atomic E-state index is -0.126. The molecule has 0 spiro atoms. The van der Waals surface area contributed by atoms with Crippen molar-refractivity contribution in [3.63, 3.8) is 0 Å². The molecular weight excluding hydrogens is 168 g/mol. The summed E-state index contributed by atoms with van der Waals surface area (Å²) in [4.78, 5) is 18.1. The Bertz CT molecular complexity index is 281. The van der Waals surface area contributed by atoms with Crippen molar-refractivity contribution >= 4 is 11.9 Å². The number of aromatic nitrogens is 2. The van der Waals surface area contributed by atoms with Crippen LogP contribution in [0.1, 0.15) is 24.3 Å². The van der Waals surface area contributed by atoms with Crippen LogP contribution in [-0.2, 0) is 0 Å². The van der Waals surface area contributed by atoms with Crippen molar-refractivity contribution in [1.29, 1.82) is 0 Å². The zero-order valence-corrected chi connectivity index (χ0v) is 7.85. The lowest BCUT2D eigenvalue weighted by Gasteiger charge is -1.98. The molecule has 1 amide bonds. The number of imidazole rings is 1. The molecule has 0 fully saturated rings. The van der Waals surface area contributed by atoms with E-state index in [1.54, 1.807) is 0 Å². The number of H-pyrrole nitrogens is 1. The standard InChI is InChI=1S/C8H14N4O/c1-3-9-7(13)6-5-11-8(12-6)10-4-2/h5H,3-4H2,1-2H3,(H,9,13)(H2,10,11,12). The Balaban J connectivity index is 2.62. The normalized spacial score (nSPS) is 9.69. The number of nitrogens with zero attached hydrogens (tertiary/aromatic N) is 1. The fourth-order valence-corrected chi connectivity index (χ4v) is 0.950. The van der Waals surface area contributed by atoms with Crippen LogP contribution in [0.25, 0.3) is 0 Å². The third kappa shape index (κ3) is 2.47. The summed E-state index contributed by atoms with van der Waals surface area (Å²) in [6.07, 6.45) is 1.52. The van der Waals surface area contributed by atoms with Crippen LogP contribution in [0.15, 0.2) is 6.20 Å². The molecule has 1 aromatic rings. The second-order valence-corrected chi connectivity index (χ2v) is 2.54. The molecule has 0 aliphatic rings. The maximum absolute atomic E-state index is 11.3. The highest BCUT2D eigenvalue weighted by Crippen LogP contribution is 2.00. The first-order valence-corrected chi connectivity index (χ1v) is 4.35. The Hall–Kier alpha value is -1.52. The summed E-state index contributed by atoms with van der Waals surface area (Å²) in [7, 11) is 0. The Morgan fingerprint density at radius 1 is 1.54 bits per heavy atom. The van der Waals surface area contributed by atoms with Gasteiger partial charge >= 0.3 is 0 Å². The predicted molar refractivity (Wildman–Crippen MR) is 50.8 cm³/mol. The van der Waals surface area contributed by atoms with Crippen LogP contribution in [0.3, 0.4) is 0 Å². The lowest BCUT2D eigenvalue weighted by atomic mass is 10.4. The fraction of sp³-hybridized carbons (Fsp3) is 0.500. The molecule has 5 nitrogen and oxygen atoms in total. The van der Waals surface area contributed by atoms with E-state index in [1.807, 2.05) is 13.8 Å². The van der Waals surface area contributed by atoms with Gasteiger partial charge in [0, 0.05) is 13.1 Å². The van der Waals surface area contributed by atoms with Crippen molar-refractivity contribution in [2.45, 2.75) is 13.8 Å². The first kappa shape index (κ1) is 9.57. The molecule has 72 valence electrons. The predicted octanol–water partition coefficient (Wildman–Crippen LogP) is 0.591. The van der Waals surface area contributed by atoms with Crippen molar-refractivity contribution < 1.29 is 4.79 Å². The maximum Gasteiger partial charge on any atom is 0.269 e. The van der Waals surface area contributed by atoms with Gasteiger partial charge < -0.3 is 15.6 Å². The van der Waals surface area contributed by atoms with Gasteiger partial charge in [0.2, 0.25) is 5.95 Å². The molecule has 0 radical (unpaired) electrons. The molecule has 0 atom stereocenters. The molecule has 0 aliphatic carbocycles. The van der Waals surface area contributed by atoms with Crippen molar-refractivity contribution in [3.8, 4) is 0 Å². The molecule has 1 heterocycles. The van der Waals surface area contributed by atoms with Gasteiger partial charge in [0.25, 0.3) is 5.91 Å². The number of aromatic amines is 1. The van der Waals surface area contributed by atoms with Crippen LogP contribution in [0.5, 0.6) is 0 Å². The topological polar surface area (TPSA) is 69.8 Å². The number of nitrogens with one attached hydrogen (secondary N) is 3. The number of hydrogen-bond donors (Lipinski definition) is 3. The van der Waals surface area contributed by atoms with E-state index in [2.05, 4.69) is 20.6 Å². The van der Waals surface area contributed by atoms with Gasteiger partial charge in [-0.2, -0.15) is 0 Å². The molecule has 0 saturated heterocycles. The van der Waals surface area contributed by atoms with Crippen LogP contribution in [0.2, 0.25) is 0 Å². The highest BCUT2D eigenvalue weighted by atomic mass is 16.1. The molecule has 0 unspecified atom stereocenters. The Labute approximate surface area is 76.9 Å². The molecule has 0 aromatic carbocycles. The lowest BCUT2D eigenvalue weighted by Crippen LogP contribution is -2.22. The van der Waals surface area contributed by atoms with Crippen molar-refractivity contribution in [3.05, 3.63) is 11.9 Å². The minimum Gasteiger partial charge on any atom is -0.356 e. The zero-order valence-electron chi connectivity index (χ0n) is 7.85. The third-order valence-corrected chi connectivity index (χ3v) is 1.50. The average molecular weight is 182 g/mol. The summed E-state index contributed by atoms with van der Waals surface area (Å²) in [6.45, 7) is 5.24. The lowest BCUT2D eigenvalue weighted by molar-refractivity contribution is 0.0951. The zero-order chi connectivity index (χ0) is 9.68. The molecule has 0 bridgehead atoms. The van der Waals surface area contributed by atoms with Gasteiger partial charge in [-0.05, 0) is 13.8 Å². The molecule has 0 saturated carbocycles. The van der Waals surface area contributed by atoms with E-state index in [0.717, 1.165) is 6.54 Å². The second-order valence-electron chi connectivity index (χ2n) is 2.54. The van der Waals surface area contributed by atoms with E-state index in [0.29, 0.717) is 18.2 Å². The van der Waals surface area contributed by atoms with Gasteiger partial charge in [-0.15, -0.1) is 0 Å². The van der Waals surface area contributed by atoms with Gasteiger partial charge in [0.15, 0.2) is 0 Å². The number of carbonyl (C=O) groups is 1. The van der Waals surface area contributed by atoms with Crippen LogP contribution in [0.4, 0.5) is 5.95 Å². The van der Waals surface area contributed by atoms with Gasteiger partial charge in [-0.1, -0.05) is 0 Å². The number of carbonyl (C=O) groups excluding carboxylic acids is 1. The molecular formula is C8H14N4O. The van der Waals surface area contributed by atoms with Crippen LogP contribution in [-0.4, -0.2) is 29.0 Å². The van der Waals surface area contributed by atoms with E-state index in [1.165, 1.54) is 6.20 Å². The summed E-state index contributed by atoms with van der Waals surface area (Å²) in [5.74, 6) is 0.503. The third-order valence-electron chi connectivity index (χ3n) is 1.50. The Morgan fingerprint density at radius 3 is 2.92 bits per heavy atom. The highest BCUT2D eigenvalue weighted by Gasteiger charge is 2.06. The van der Waals surface area contributed by atoms with Crippen LogP contribution >= 0.6 is 0 Å². The Kier molecular flexibility index (Phi) is 3.31. The SMILES string of the molecule is CCNC(=O)c1cnc(NCC)[nH]1. The maximum atomic E-state index is 11.3. The van der Waals surface area contributed by atoms with Gasteiger partial charge in [0.1, 0.15) is 5.69 Å². The van der Waals surface area contributed by atoms with Crippen LogP contribution in [0, 0.1) is 0 Å². The fourth-order valence-electron chi connectivity index (χ4n) is 0.950. The van der Waals surface area contributed by atoms with E-state index in [9.17, 15) is 4.79 Å². The second kappa shape index (κ2) is 4.49. The van der Waals surface area contributed by atoms with Gasteiger partial charge in [0.05, 0.1) is 6.20 Å². The van der Waals surface area contributed by atoms with E-state index in [4.69, 9.17) is 0 Å². The first-order chi connectivity index (χ1) is 6.27. The van der Waals surface area contributed by atoms with Crippen molar-refractivity contribution in [2.75, 3.05) is 18.4 Å². The molecule has 1 rings (SSSR count). The minimum absolute atomic E-state index is 0.126. The Morgan fingerprint density at radius 2 is 2.31 bits per heavy atom. The largest absolute Gasteiger partial charge is 0.356 e. The average Bonchev–Trinajstić information content (AvgIpc) is 2.54. The highest BCUT2D eigenvalue weighted by molar-refractivity contribution is 5.92. The van der Waals surface area contributed by atoms with Gasteiger partial charge in [-0.25, -0.2) is 4.98 Å². The van der Waals surface area contributed by atoms with Crippen molar-refractivity contribution in [1.82, 2.24) is 15.3 Å². The number of anilines is 1.